The summed E-state index contributed by atoms with van der Waals surface area (Å²) in [6, 6.07) is 9.31. The van der Waals surface area contributed by atoms with Gasteiger partial charge in [-0.1, -0.05) is 37.6 Å². The van der Waals surface area contributed by atoms with Crippen molar-refractivity contribution in [1.82, 2.24) is 0 Å². The van der Waals surface area contributed by atoms with Crippen molar-refractivity contribution in [1.29, 1.82) is 0 Å². The fourth-order valence-corrected chi connectivity index (χ4v) is 2.93. The quantitative estimate of drug-likeness (QED) is 0.654. The molecular formula is C18H24. The van der Waals surface area contributed by atoms with E-state index in [9.17, 15) is 0 Å². The molecule has 0 nitrogen and oxygen atoms in total. The lowest BCUT2D eigenvalue weighted by atomic mass is 9.79. The van der Waals surface area contributed by atoms with Crippen LogP contribution >= 0.6 is 0 Å². The first-order valence-corrected chi connectivity index (χ1v) is 7.38. The molecule has 1 aliphatic carbocycles. The summed E-state index contributed by atoms with van der Waals surface area (Å²) in [4.78, 5) is 0. The Balaban J connectivity index is 1.92. The zero-order valence-corrected chi connectivity index (χ0v) is 11.5. The number of hydrogen-bond donors (Lipinski definition) is 0. The largest absolute Gasteiger partial charge is 0.120 e. The van der Waals surface area contributed by atoms with Gasteiger partial charge in [-0.25, -0.2) is 0 Å². The highest BCUT2D eigenvalue weighted by Crippen LogP contribution is 2.35. The van der Waals surface area contributed by atoms with Gasteiger partial charge in [-0.15, -0.1) is 12.3 Å². The summed E-state index contributed by atoms with van der Waals surface area (Å²) in [5.41, 5.74) is 3.00. The Bertz CT molecular complexity index is 385. The van der Waals surface area contributed by atoms with E-state index in [1.165, 1.54) is 56.1 Å². The third-order valence-electron chi connectivity index (χ3n) is 4.23. The molecular weight excluding hydrogens is 216 g/mol. The maximum atomic E-state index is 5.50. The van der Waals surface area contributed by atoms with E-state index in [0.29, 0.717) is 5.92 Å². The maximum Gasteiger partial charge on any atom is 0.0200 e. The summed E-state index contributed by atoms with van der Waals surface area (Å²) in [6.07, 6.45) is 14.2. The number of benzene rings is 1. The molecule has 0 unspecified atom stereocenters. The Labute approximate surface area is 112 Å². The van der Waals surface area contributed by atoms with E-state index in [2.05, 4.69) is 37.1 Å². The predicted octanol–water partition coefficient (Wildman–Crippen LogP) is 4.94. The first-order valence-electron chi connectivity index (χ1n) is 7.38. The number of unbranched alkanes of at least 4 members (excludes halogenated alkanes) is 1. The highest BCUT2D eigenvalue weighted by molar-refractivity contribution is 5.26. The molecule has 0 radical (unpaired) electrons. The first kappa shape index (κ1) is 13.2. The molecule has 1 saturated carbocycles. The second-order valence-corrected chi connectivity index (χ2v) is 5.56. The van der Waals surface area contributed by atoms with Gasteiger partial charge in [0.15, 0.2) is 0 Å². The highest BCUT2D eigenvalue weighted by atomic mass is 14.2. The van der Waals surface area contributed by atoms with Crippen molar-refractivity contribution >= 4 is 0 Å². The molecule has 0 bridgehead atoms. The lowest BCUT2D eigenvalue weighted by Gasteiger charge is -2.26. The van der Waals surface area contributed by atoms with Crippen molar-refractivity contribution in [2.24, 2.45) is 5.92 Å². The Kier molecular flexibility index (Phi) is 4.88. The minimum Gasteiger partial charge on any atom is -0.120 e. The summed E-state index contributed by atoms with van der Waals surface area (Å²) in [5.74, 6) is 4.19. The summed E-state index contributed by atoms with van der Waals surface area (Å²) in [6.45, 7) is 2.25. The van der Waals surface area contributed by atoms with E-state index in [4.69, 9.17) is 6.42 Å². The SMILES string of the molecule is C#CC1CCC(c2ccc(CCCC)cc2)CC1. The molecule has 96 valence electrons. The monoisotopic (exact) mass is 240 g/mol. The standard InChI is InChI=1S/C18H24/c1-3-5-6-16-9-13-18(14-10-16)17-11-7-15(4-2)8-12-17/h2,9-10,13-15,17H,3,5-8,11-12H2,1H3. The van der Waals surface area contributed by atoms with Gasteiger partial charge in [0.25, 0.3) is 0 Å². The molecule has 1 aromatic carbocycles. The lowest BCUT2D eigenvalue weighted by Crippen LogP contribution is -2.11. The minimum absolute atomic E-state index is 0.532. The molecule has 1 fully saturated rings. The second-order valence-electron chi connectivity index (χ2n) is 5.56. The van der Waals surface area contributed by atoms with E-state index >= 15 is 0 Å². The van der Waals surface area contributed by atoms with E-state index in [0.717, 1.165) is 5.92 Å². The number of rotatable bonds is 4. The Morgan fingerprint density at radius 1 is 1.11 bits per heavy atom. The molecule has 0 atom stereocenters. The van der Waals surface area contributed by atoms with Crippen LogP contribution in [0.25, 0.3) is 0 Å². The van der Waals surface area contributed by atoms with Gasteiger partial charge in [0.2, 0.25) is 0 Å². The number of aryl methyl sites for hydroxylation is 1. The van der Waals surface area contributed by atoms with Crippen LogP contribution < -0.4 is 0 Å². The fourth-order valence-electron chi connectivity index (χ4n) is 2.93. The van der Waals surface area contributed by atoms with Crippen molar-refractivity contribution in [3.8, 4) is 12.3 Å². The Hall–Kier alpha value is -1.22. The normalized spacial score (nSPS) is 23.6. The van der Waals surface area contributed by atoms with Crippen molar-refractivity contribution in [2.75, 3.05) is 0 Å². The summed E-state index contributed by atoms with van der Waals surface area (Å²) >= 11 is 0. The number of hydrogen-bond acceptors (Lipinski definition) is 0. The number of terminal acetylenes is 1. The maximum absolute atomic E-state index is 5.50. The summed E-state index contributed by atoms with van der Waals surface area (Å²) in [5, 5.41) is 0. The molecule has 0 amide bonds. The predicted molar refractivity (Wildman–Crippen MR) is 78.6 cm³/mol. The second kappa shape index (κ2) is 6.64. The summed E-state index contributed by atoms with van der Waals surface area (Å²) in [7, 11) is 0. The minimum atomic E-state index is 0.532. The molecule has 0 heterocycles. The molecule has 0 aliphatic heterocycles. The van der Waals surface area contributed by atoms with Crippen LogP contribution in [0.4, 0.5) is 0 Å². The van der Waals surface area contributed by atoms with E-state index in [1.807, 2.05) is 0 Å². The molecule has 1 aromatic rings. The van der Waals surface area contributed by atoms with Crippen LogP contribution in [-0.2, 0) is 6.42 Å². The van der Waals surface area contributed by atoms with Gasteiger partial charge in [-0.3, -0.25) is 0 Å². The molecule has 18 heavy (non-hydrogen) atoms. The van der Waals surface area contributed by atoms with Crippen LogP contribution in [0.3, 0.4) is 0 Å². The molecule has 0 heteroatoms. The van der Waals surface area contributed by atoms with Crippen LogP contribution in [0.1, 0.15) is 62.5 Å². The zero-order valence-electron chi connectivity index (χ0n) is 11.5. The molecule has 0 saturated heterocycles. The van der Waals surface area contributed by atoms with Crippen molar-refractivity contribution < 1.29 is 0 Å². The summed E-state index contributed by atoms with van der Waals surface area (Å²) < 4.78 is 0. The van der Waals surface area contributed by atoms with Crippen LogP contribution in [0.2, 0.25) is 0 Å². The van der Waals surface area contributed by atoms with Crippen molar-refractivity contribution in [2.45, 2.75) is 57.8 Å². The van der Waals surface area contributed by atoms with Gasteiger partial charge in [-0.2, -0.15) is 0 Å². The van der Waals surface area contributed by atoms with Gasteiger partial charge >= 0.3 is 0 Å². The molecule has 1 aliphatic rings. The molecule has 0 spiro atoms. The average Bonchev–Trinajstić information content (AvgIpc) is 2.46. The van der Waals surface area contributed by atoms with E-state index in [-0.39, 0.29) is 0 Å². The van der Waals surface area contributed by atoms with Gasteiger partial charge in [0, 0.05) is 5.92 Å². The van der Waals surface area contributed by atoms with Gasteiger partial charge in [0.1, 0.15) is 0 Å². The Morgan fingerprint density at radius 2 is 1.78 bits per heavy atom. The van der Waals surface area contributed by atoms with Crippen LogP contribution in [0.15, 0.2) is 24.3 Å². The highest BCUT2D eigenvalue weighted by Gasteiger charge is 2.20. The third kappa shape index (κ3) is 3.39. The zero-order chi connectivity index (χ0) is 12.8. The van der Waals surface area contributed by atoms with Crippen LogP contribution in [0.5, 0.6) is 0 Å². The van der Waals surface area contributed by atoms with Gasteiger partial charge in [-0.05, 0) is 55.6 Å². The molecule has 0 aromatic heterocycles. The smallest absolute Gasteiger partial charge is 0.0200 e. The van der Waals surface area contributed by atoms with E-state index < -0.39 is 0 Å². The molecule has 2 rings (SSSR count). The van der Waals surface area contributed by atoms with Gasteiger partial charge < -0.3 is 0 Å². The molecule has 0 N–H and O–H groups in total. The Morgan fingerprint density at radius 3 is 2.33 bits per heavy atom. The van der Waals surface area contributed by atoms with Gasteiger partial charge in [0.05, 0.1) is 0 Å². The van der Waals surface area contributed by atoms with Crippen LogP contribution in [-0.4, -0.2) is 0 Å². The van der Waals surface area contributed by atoms with Crippen LogP contribution in [0, 0.1) is 18.3 Å². The van der Waals surface area contributed by atoms with E-state index in [1.54, 1.807) is 0 Å². The average molecular weight is 240 g/mol. The fraction of sp³-hybridized carbons (Fsp3) is 0.556. The first-order chi connectivity index (χ1) is 8.83. The third-order valence-corrected chi connectivity index (χ3v) is 4.23. The topological polar surface area (TPSA) is 0 Å². The van der Waals surface area contributed by atoms with Crippen molar-refractivity contribution in [3.63, 3.8) is 0 Å². The van der Waals surface area contributed by atoms with Crippen molar-refractivity contribution in [3.05, 3.63) is 35.4 Å². The lowest BCUT2D eigenvalue weighted by molar-refractivity contribution is 0.385.